The first-order valence-corrected chi connectivity index (χ1v) is 16.8. The standard InChI is InChI=1S/C8H6N2O4.C8H7NO2.C7H4N2O4.C6H4N2O5.C6H6N2O3.4CH4.H2N2/c1-9-6-4-5(10(12)13)2-3-7(6)14-8(9)11;1-9-6-4-2-3-5-7(6)11-8(9)10;10-7-8-5-3-4(9(11)12)1-2-6(5)13-7;9-6-2-1-4(7(10)11)3-5(6)8(12)13;7-5-3-4(8(10)11)1-2-6(5)9;;;;;1-2/h2-4H,1H3;2-5H,1H3;1-3H,(H,8,10);1-3,9H;1-3,9H,7H2;4*1H4;1-2H. The number of nitrogens with zero attached hydrogens (tertiary/aromatic N) is 7. The highest BCUT2D eigenvalue weighted by atomic mass is 16.6. The van der Waals surface area contributed by atoms with Gasteiger partial charge in [0.2, 0.25) is 0 Å². The maximum atomic E-state index is 11.0. The number of rotatable bonds is 5. The number of fused-ring (bicyclic) bond motifs is 3. The third-order valence-corrected chi connectivity index (χ3v) is 7.89. The van der Waals surface area contributed by atoms with Crippen LogP contribution in [-0.4, -0.2) is 48.9 Å². The van der Waals surface area contributed by atoms with Gasteiger partial charge in [-0.3, -0.25) is 64.7 Å². The van der Waals surface area contributed by atoms with Crippen LogP contribution in [0.4, 0.5) is 34.1 Å². The van der Waals surface area contributed by atoms with Gasteiger partial charge in [0.1, 0.15) is 5.75 Å². The number of hydrogen-bond acceptors (Lipinski definition) is 21. The summed E-state index contributed by atoms with van der Waals surface area (Å²) in [5.41, 5.74) is 16.7. The van der Waals surface area contributed by atoms with E-state index in [4.69, 9.17) is 35.8 Å². The molecule has 0 amide bonds. The SMILES string of the molecule is C.C.C.C.Cn1c(=O)oc2ccc([N+](=O)[O-])cc21.Cn1c(=O)oc2ccccc21.N=N.Nc1cc([N+](=O)[O-])ccc1O.O=[N+]([O-])c1ccc(O)c([N+](=O)[O-])c1.O=c1[nH]c2cc([N+](=O)[O-])ccc2o1. The third kappa shape index (κ3) is 15.3. The van der Waals surface area contributed by atoms with E-state index in [1.54, 1.807) is 13.1 Å². The van der Waals surface area contributed by atoms with Crippen LogP contribution in [0.3, 0.4) is 0 Å². The number of aryl methyl sites for hydroxylation is 2. The minimum Gasteiger partial charge on any atom is -0.506 e. The Balaban J connectivity index is 0. The summed E-state index contributed by atoms with van der Waals surface area (Å²) in [5, 5.41) is 69.1. The van der Waals surface area contributed by atoms with Crippen LogP contribution in [0.1, 0.15) is 29.7 Å². The Hall–Kier alpha value is -10.1. The molecule has 29 nitrogen and oxygen atoms in total. The first-order chi connectivity index (χ1) is 30.2. The van der Waals surface area contributed by atoms with Gasteiger partial charge in [-0.05, 0) is 36.4 Å². The zero-order valence-electron chi connectivity index (χ0n) is 32.4. The molecule has 0 aliphatic carbocycles. The average Bonchev–Trinajstić information content (AvgIpc) is 3.89. The number of aromatic hydroxyl groups is 2. The normalized spacial score (nSPS) is 9.32. The van der Waals surface area contributed by atoms with Crippen LogP contribution in [-0.2, 0) is 14.1 Å². The molecule has 68 heavy (non-hydrogen) atoms. The number of aromatic amines is 1. The molecule has 0 spiro atoms. The maximum Gasteiger partial charge on any atom is 0.419 e. The highest BCUT2D eigenvalue weighted by Gasteiger charge is 2.18. The summed E-state index contributed by atoms with van der Waals surface area (Å²) >= 11 is 0. The molecule has 0 unspecified atom stereocenters. The number of nitrogen functional groups attached to an aromatic ring is 1. The Labute approximate surface area is 380 Å². The van der Waals surface area contributed by atoms with E-state index in [1.807, 2.05) is 18.2 Å². The van der Waals surface area contributed by atoms with Gasteiger partial charge >= 0.3 is 23.0 Å². The van der Waals surface area contributed by atoms with E-state index in [-0.39, 0.29) is 64.0 Å². The minimum atomic E-state index is -0.887. The summed E-state index contributed by atoms with van der Waals surface area (Å²) in [6.45, 7) is 0. The molecule has 0 saturated carbocycles. The summed E-state index contributed by atoms with van der Waals surface area (Å²) in [6, 6.07) is 21.3. The molecule has 0 saturated heterocycles. The van der Waals surface area contributed by atoms with E-state index in [9.17, 15) is 65.0 Å². The van der Waals surface area contributed by atoms with Crippen LogP contribution >= 0.6 is 0 Å². The van der Waals surface area contributed by atoms with Crippen molar-refractivity contribution in [1.82, 2.24) is 14.1 Å². The predicted octanol–water partition coefficient (Wildman–Crippen LogP) is 8.43. The maximum absolute atomic E-state index is 11.0. The number of nitro groups is 5. The number of oxazole rings is 3. The molecule has 7 N–H and O–H groups in total. The first kappa shape index (κ1) is 60.0. The number of non-ortho nitro benzene ring substituents is 4. The number of H-pyrrole nitrogens is 1. The van der Waals surface area contributed by atoms with E-state index in [0.29, 0.717) is 33.8 Å². The van der Waals surface area contributed by atoms with Crippen LogP contribution in [0, 0.1) is 61.6 Å². The van der Waals surface area contributed by atoms with E-state index in [0.717, 1.165) is 23.7 Å². The van der Waals surface area contributed by atoms with Crippen LogP contribution < -0.4 is 23.0 Å². The molecule has 0 atom stereocenters. The Bertz CT molecular complexity index is 3200. The lowest BCUT2D eigenvalue weighted by atomic mass is 10.2. The second-order valence-corrected chi connectivity index (χ2v) is 11.9. The van der Waals surface area contributed by atoms with Crippen molar-refractivity contribution in [2.24, 2.45) is 14.1 Å². The molecule has 5 aromatic carbocycles. The highest BCUT2D eigenvalue weighted by Crippen LogP contribution is 2.29. The number of nitro benzene ring substituents is 5. The molecule has 0 radical (unpaired) electrons. The molecule has 8 rings (SSSR count). The Morgan fingerprint density at radius 1 is 0.529 bits per heavy atom. The van der Waals surface area contributed by atoms with Crippen LogP contribution in [0.5, 0.6) is 11.5 Å². The van der Waals surface area contributed by atoms with Gasteiger partial charge in [0, 0.05) is 56.6 Å². The van der Waals surface area contributed by atoms with Crippen LogP contribution in [0.25, 0.3) is 33.3 Å². The van der Waals surface area contributed by atoms with Gasteiger partial charge in [-0.1, -0.05) is 41.8 Å². The number of phenols is 2. The molecule has 8 aromatic rings. The number of nitrogens with one attached hydrogen (secondary N) is 3. The third-order valence-electron chi connectivity index (χ3n) is 7.89. The fourth-order valence-electron chi connectivity index (χ4n) is 4.79. The van der Waals surface area contributed by atoms with Crippen LogP contribution in [0.2, 0.25) is 0 Å². The second kappa shape index (κ2) is 26.5. The average molecular weight is 956 g/mol. The number of benzene rings is 5. The van der Waals surface area contributed by atoms with Crippen molar-refractivity contribution in [3.8, 4) is 11.5 Å². The summed E-state index contributed by atoms with van der Waals surface area (Å²) < 4.78 is 17.1. The number of aromatic nitrogens is 3. The minimum absolute atomic E-state index is 0. The molecule has 29 heteroatoms. The summed E-state index contributed by atoms with van der Waals surface area (Å²) in [6.07, 6.45) is 0. The molecule has 3 heterocycles. The van der Waals surface area contributed by atoms with E-state index >= 15 is 0 Å². The number of hydrogen-bond donors (Lipinski definition) is 6. The molecular weight excluding hydrogens is 910 g/mol. The number of phenolic OH excluding ortho intramolecular Hbond substituents is 2. The topological polar surface area (TPSA) is 446 Å². The van der Waals surface area contributed by atoms with Gasteiger partial charge < -0.3 is 29.2 Å². The summed E-state index contributed by atoms with van der Waals surface area (Å²) in [5.74, 6) is -2.19. The Morgan fingerprint density at radius 2 is 0.941 bits per heavy atom. The van der Waals surface area contributed by atoms with Gasteiger partial charge in [-0.25, -0.2) is 25.4 Å². The number of anilines is 1. The molecule has 0 bridgehead atoms. The van der Waals surface area contributed by atoms with Crippen molar-refractivity contribution < 1.29 is 48.1 Å². The zero-order chi connectivity index (χ0) is 48.0. The Kier molecular flexibility index (Phi) is 23.4. The van der Waals surface area contributed by atoms with Gasteiger partial charge in [0.05, 0.1) is 52.9 Å². The van der Waals surface area contributed by atoms with Gasteiger partial charge in [0.15, 0.2) is 22.5 Å². The van der Waals surface area contributed by atoms with Gasteiger partial charge in [-0.15, -0.1) is 0 Å². The van der Waals surface area contributed by atoms with Crippen molar-refractivity contribution >= 4 is 67.4 Å². The molecule has 0 aliphatic rings. The largest absolute Gasteiger partial charge is 0.506 e. The quantitative estimate of drug-likeness (QED) is 0.0309. The van der Waals surface area contributed by atoms with Gasteiger partial charge in [-0.2, -0.15) is 0 Å². The van der Waals surface area contributed by atoms with Gasteiger partial charge in [0.25, 0.3) is 22.7 Å². The lowest BCUT2D eigenvalue weighted by Gasteiger charge is -1.96. The fraction of sp³-hybridized carbons (Fsp3) is 0.154. The summed E-state index contributed by atoms with van der Waals surface area (Å²) in [7, 11) is 3.19. The molecule has 0 aliphatic heterocycles. The summed E-state index contributed by atoms with van der Waals surface area (Å²) in [4.78, 5) is 83.0. The van der Waals surface area contributed by atoms with E-state index < -0.39 is 53.3 Å². The predicted molar refractivity (Wildman–Crippen MR) is 246 cm³/mol. The first-order valence-electron chi connectivity index (χ1n) is 16.8. The van der Waals surface area contributed by atoms with E-state index in [2.05, 4.69) is 9.40 Å². The molecule has 0 fully saturated rings. The highest BCUT2D eigenvalue weighted by molar-refractivity contribution is 5.76. The molecule has 364 valence electrons. The van der Waals surface area contributed by atoms with E-state index in [1.165, 1.54) is 64.7 Å². The van der Waals surface area contributed by atoms with Crippen molar-refractivity contribution in [2.75, 3.05) is 5.73 Å². The van der Waals surface area contributed by atoms with Crippen molar-refractivity contribution in [3.05, 3.63) is 179 Å². The van der Waals surface area contributed by atoms with Crippen molar-refractivity contribution in [2.45, 2.75) is 29.7 Å². The zero-order valence-corrected chi connectivity index (χ0v) is 32.4. The molecule has 3 aromatic heterocycles. The second-order valence-electron chi connectivity index (χ2n) is 11.9. The van der Waals surface area contributed by atoms with Crippen molar-refractivity contribution in [1.29, 1.82) is 11.1 Å². The number of nitrogens with two attached hydrogens (primary N) is 1. The smallest absolute Gasteiger partial charge is 0.419 e. The lowest BCUT2D eigenvalue weighted by Crippen LogP contribution is -2.08. The van der Waals surface area contributed by atoms with Crippen LogP contribution in [0.15, 0.2) is 125 Å². The fourth-order valence-corrected chi connectivity index (χ4v) is 4.79. The monoisotopic (exact) mass is 955 g/mol. The lowest BCUT2D eigenvalue weighted by molar-refractivity contribution is -0.394. The molecular formula is C39H45N11O18. The van der Waals surface area contributed by atoms with Crippen molar-refractivity contribution in [3.63, 3.8) is 0 Å². The Morgan fingerprint density at radius 3 is 1.43 bits per heavy atom. The number of para-hydroxylation sites is 2.